The summed E-state index contributed by atoms with van der Waals surface area (Å²) < 4.78 is 3.70. The number of nitrogens with zero attached hydrogens (tertiary/aromatic N) is 5. The van der Waals surface area contributed by atoms with E-state index in [-0.39, 0.29) is 0 Å². The Morgan fingerprint density at radius 3 is 3.00 bits per heavy atom. The van der Waals surface area contributed by atoms with Crippen molar-refractivity contribution in [1.82, 2.24) is 24.7 Å². The number of aryl methyl sites for hydroxylation is 2. The van der Waals surface area contributed by atoms with Crippen LogP contribution in [0.2, 0.25) is 5.15 Å². The van der Waals surface area contributed by atoms with Crippen LogP contribution in [0.1, 0.15) is 31.0 Å². The molecule has 19 heavy (non-hydrogen) atoms. The zero-order valence-corrected chi connectivity index (χ0v) is 12.4. The summed E-state index contributed by atoms with van der Waals surface area (Å²) in [4.78, 5) is 0. The number of rotatable bonds is 5. The molecule has 0 aliphatic rings. The maximum Gasteiger partial charge on any atom is 0.216 e. The summed E-state index contributed by atoms with van der Waals surface area (Å²) >= 11 is 11.3. The van der Waals surface area contributed by atoms with Crippen molar-refractivity contribution < 1.29 is 0 Å². The summed E-state index contributed by atoms with van der Waals surface area (Å²) in [6.07, 6.45) is 5.30. The molecule has 0 atom stereocenters. The van der Waals surface area contributed by atoms with Crippen LogP contribution in [0.3, 0.4) is 0 Å². The van der Waals surface area contributed by atoms with Crippen LogP contribution in [-0.2, 0) is 6.54 Å². The van der Waals surface area contributed by atoms with E-state index in [2.05, 4.69) is 27.3 Å². The molecule has 1 N–H and O–H groups in total. The zero-order valence-electron chi connectivity index (χ0n) is 10.8. The van der Waals surface area contributed by atoms with Crippen LogP contribution in [-0.4, -0.2) is 30.9 Å². The number of aromatic amines is 1. The molecule has 0 radical (unpaired) electrons. The van der Waals surface area contributed by atoms with Crippen LogP contribution < -0.4 is 0 Å². The van der Waals surface area contributed by atoms with Crippen molar-refractivity contribution in [3.05, 3.63) is 27.5 Å². The fourth-order valence-corrected chi connectivity index (χ4v) is 2.07. The molecule has 0 aliphatic heterocycles. The average Bonchev–Trinajstić information content (AvgIpc) is 2.90. The van der Waals surface area contributed by atoms with Crippen molar-refractivity contribution in [3.8, 4) is 0 Å². The monoisotopic (exact) mass is 298 g/mol. The molecule has 0 aliphatic carbocycles. The number of hydrogen-bond donors (Lipinski definition) is 1. The molecule has 2 rings (SSSR count). The lowest BCUT2D eigenvalue weighted by Crippen LogP contribution is -2.00. The maximum absolute atomic E-state index is 6.30. The van der Waals surface area contributed by atoms with Gasteiger partial charge in [0, 0.05) is 6.54 Å². The van der Waals surface area contributed by atoms with Crippen molar-refractivity contribution in [2.24, 2.45) is 5.10 Å². The van der Waals surface area contributed by atoms with Gasteiger partial charge in [-0.25, -0.2) is 0 Å². The lowest BCUT2D eigenvalue weighted by atomic mass is 10.3. The number of H-pyrrole nitrogens is 1. The fourth-order valence-electron chi connectivity index (χ4n) is 1.61. The molecule has 0 unspecified atom stereocenters. The van der Waals surface area contributed by atoms with Crippen LogP contribution in [0.25, 0.3) is 0 Å². The number of unbranched alkanes of at least 4 members (excludes halogenated alkanes) is 1. The minimum absolute atomic E-state index is 0.434. The van der Waals surface area contributed by atoms with E-state index in [1.54, 1.807) is 10.9 Å². The van der Waals surface area contributed by atoms with Crippen molar-refractivity contribution in [3.63, 3.8) is 0 Å². The van der Waals surface area contributed by atoms with E-state index in [4.69, 9.17) is 23.8 Å². The van der Waals surface area contributed by atoms with E-state index in [1.165, 1.54) is 11.0 Å². The number of hydrogen-bond acceptors (Lipinski definition) is 4. The topological polar surface area (TPSA) is 63.8 Å². The first-order valence-electron chi connectivity index (χ1n) is 6.02. The van der Waals surface area contributed by atoms with E-state index in [1.807, 2.05) is 6.92 Å². The molecule has 2 aromatic rings. The SMILES string of the molecule is CCCCn1nc(C)c(/C=N/n2cn[nH]c2=S)c1Cl. The third kappa shape index (κ3) is 3.10. The number of halogens is 1. The Morgan fingerprint density at radius 2 is 2.37 bits per heavy atom. The summed E-state index contributed by atoms with van der Waals surface area (Å²) in [7, 11) is 0. The summed E-state index contributed by atoms with van der Waals surface area (Å²) in [5.74, 6) is 0. The quantitative estimate of drug-likeness (QED) is 0.682. The minimum Gasteiger partial charge on any atom is -0.253 e. The second kappa shape index (κ2) is 6.12. The molecule has 2 heterocycles. The van der Waals surface area contributed by atoms with Gasteiger partial charge in [-0.3, -0.25) is 9.78 Å². The molecule has 0 spiro atoms. The second-order valence-electron chi connectivity index (χ2n) is 4.12. The molecular formula is C11H15ClN6S. The molecule has 0 fully saturated rings. The van der Waals surface area contributed by atoms with Crippen LogP contribution >= 0.6 is 23.8 Å². The van der Waals surface area contributed by atoms with Gasteiger partial charge >= 0.3 is 0 Å². The zero-order chi connectivity index (χ0) is 13.8. The minimum atomic E-state index is 0.434. The molecular weight excluding hydrogens is 284 g/mol. The standard InChI is InChI=1S/C11H15ClN6S/c1-3-4-5-17-10(12)9(8(2)16-17)6-14-18-7-13-15-11(18)19/h6-7H,3-5H2,1-2H3,(H,15,19)/b14-6+. The van der Waals surface area contributed by atoms with Crippen molar-refractivity contribution in [2.75, 3.05) is 0 Å². The lowest BCUT2D eigenvalue weighted by molar-refractivity contribution is 0.569. The summed E-state index contributed by atoms with van der Waals surface area (Å²) in [5, 5.41) is 15.6. The Hall–Kier alpha value is -1.47. The molecule has 102 valence electrons. The first-order chi connectivity index (χ1) is 9.13. The Kier molecular flexibility index (Phi) is 4.49. The Morgan fingerprint density at radius 1 is 1.58 bits per heavy atom. The maximum atomic E-state index is 6.30. The van der Waals surface area contributed by atoms with Crippen LogP contribution in [0.5, 0.6) is 0 Å². The molecule has 0 bridgehead atoms. The third-order valence-electron chi connectivity index (χ3n) is 2.68. The highest BCUT2D eigenvalue weighted by molar-refractivity contribution is 7.71. The lowest BCUT2D eigenvalue weighted by Gasteiger charge is -2.00. The Labute approximate surface area is 121 Å². The third-order valence-corrected chi connectivity index (χ3v) is 3.36. The molecule has 0 saturated heterocycles. The summed E-state index contributed by atoms with van der Waals surface area (Å²) in [6, 6.07) is 0. The largest absolute Gasteiger partial charge is 0.253 e. The van der Waals surface area contributed by atoms with Crippen molar-refractivity contribution in [2.45, 2.75) is 33.2 Å². The van der Waals surface area contributed by atoms with Gasteiger partial charge in [0.15, 0.2) is 0 Å². The number of nitrogens with one attached hydrogen (secondary N) is 1. The summed E-state index contributed by atoms with van der Waals surface area (Å²) in [5.41, 5.74) is 1.65. The Bertz CT molecular complexity index is 638. The highest BCUT2D eigenvalue weighted by Crippen LogP contribution is 2.18. The normalized spacial score (nSPS) is 11.5. The molecule has 8 heteroatoms. The van der Waals surface area contributed by atoms with Gasteiger partial charge in [-0.1, -0.05) is 24.9 Å². The average molecular weight is 299 g/mol. The van der Waals surface area contributed by atoms with Crippen molar-refractivity contribution in [1.29, 1.82) is 0 Å². The van der Waals surface area contributed by atoms with E-state index in [0.717, 1.165) is 30.6 Å². The van der Waals surface area contributed by atoms with Gasteiger partial charge < -0.3 is 0 Å². The van der Waals surface area contributed by atoms with E-state index < -0.39 is 0 Å². The second-order valence-corrected chi connectivity index (χ2v) is 4.86. The van der Waals surface area contributed by atoms with E-state index in [9.17, 15) is 0 Å². The van der Waals surface area contributed by atoms with Gasteiger partial charge in [0.25, 0.3) is 0 Å². The smallest absolute Gasteiger partial charge is 0.216 e. The van der Waals surface area contributed by atoms with Gasteiger partial charge in [-0.15, -0.1) is 0 Å². The molecule has 0 amide bonds. The van der Waals surface area contributed by atoms with Gasteiger partial charge in [0.2, 0.25) is 4.77 Å². The summed E-state index contributed by atoms with van der Waals surface area (Å²) in [6.45, 7) is 4.85. The van der Waals surface area contributed by atoms with Gasteiger partial charge in [-0.05, 0) is 25.6 Å². The first-order valence-corrected chi connectivity index (χ1v) is 6.81. The Balaban J connectivity index is 2.25. The van der Waals surface area contributed by atoms with Crippen LogP contribution in [0.15, 0.2) is 11.4 Å². The fraction of sp³-hybridized carbons (Fsp3) is 0.455. The molecule has 0 aromatic carbocycles. The van der Waals surface area contributed by atoms with Gasteiger partial charge in [0.05, 0.1) is 17.5 Å². The first kappa shape index (κ1) is 14.0. The predicted molar refractivity (Wildman–Crippen MR) is 77.3 cm³/mol. The number of aromatic nitrogens is 5. The predicted octanol–water partition coefficient (Wildman–Crippen LogP) is 2.78. The molecule has 0 saturated carbocycles. The molecule has 6 nitrogen and oxygen atoms in total. The van der Waals surface area contributed by atoms with Crippen LogP contribution in [0.4, 0.5) is 0 Å². The van der Waals surface area contributed by atoms with Gasteiger partial charge in [0.1, 0.15) is 11.5 Å². The highest BCUT2D eigenvalue weighted by atomic mass is 35.5. The van der Waals surface area contributed by atoms with Gasteiger partial charge in [-0.2, -0.15) is 20.0 Å². The van der Waals surface area contributed by atoms with E-state index in [0.29, 0.717) is 9.92 Å². The van der Waals surface area contributed by atoms with Crippen LogP contribution in [0, 0.1) is 11.7 Å². The van der Waals surface area contributed by atoms with Crippen molar-refractivity contribution >= 4 is 30.0 Å². The van der Waals surface area contributed by atoms with E-state index >= 15 is 0 Å². The molecule has 2 aromatic heterocycles. The highest BCUT2D eigenvalue weighted by Gasteiger charge is 2.11.